The highest BCUT2D eigenvalue weighted by Gasteiger charge is 2.06. The first kappa shape index (κ1) is 15.6. The fraction of sp³-hybridized carbons (Fsp3) is 0.235. The van der Waals surface area contributed by atoms with Gasteiger partial charge in [-0.2, -0.15) is 0 Å². The summed E-state index contributed by atoms with van der Waals surface area (Å²) in [6.45, 7) is 3.99. The summed E-state index contributed by atoms with van der Waals surface area (Å²) in [6.07, 6.45) is 0. The van der Waals surface area contributed by atoms with Gasteiger partial charge in [0.15, 0.2) is 0 Å². The minimum Gasteiger partial charge on any atom is -0.325 e. The molecule has 1 amide bonds. The number of hydrogen-bond acceptors (Lipinski definition) is 2. The van der Waals surface area contributed by atoms with E-state index in [1.54, 1.807) is 18.2 Å². The van der Waals surface area contributed by atoms with Crippen molar-refractivity contribution in [3.63, 3.8) is 0 Å². The lowest BCUT2D eigenvalue weighted by Crippen LogP contribution is -2.14. The molecule has 2 rings (SSSR count). The topological polar surface area (TPSA) is 29.1 Å². The first-order valence-electron chi connectivity index (χ1n) is 6.74. The monoisotopic (exact) mass is 303 g/mol. The first-order valence-corrected chi connectivity index (χ1v) is 7.89. The number of halogens is 1. The van der Waals surface area contributed by atoms with Gasteiger partial charge < -0.3 is 5.32 Å². The van der Waals surface area contributed by atoms with E-state index in [0.717, 1.165) is 16.8 Å². The minimum atomic E-state index is -0.222. The number of carbonyl (C=O) groups is 1. The second-order valence-electron chi connectivity index (χ2n) is 5.01. The summed E-state index contributed by atoms with van der Waals surface area (Å²) in [7, 11) is 0. The summed E-state index contributed by atoms with van der Waals surface area (Å²) in [5.41, 5.74) is 3.67. The molecule has 21 heavy (non-hydrogen) atoms. The summed E-state index contributed by atoms with van der Waals surface area (Å²) in [5, 5.41) is 2.87. The highest BCUT2D eigenvalue weighted by Crippen LogP contribution is 2.17. The average Bonchev–Trinajstić information content (AvgIpc) is 2.39. The predicted octanol–water partition coefficient (Wildman–Crippen LogP) is 4.31. The maximum atomic E-state index is 13.4. The Morgan fingerprint density at radius 2 is 1.81 bits per heavy atom. The Hall–Kier alpha value is -1.81. The van der Waals surface area contributed by atoms with Gasteiger partial charge in [-0.3, -0.25) is 4.79 Å². The first-order chi connectivity index (χ1) is 10.0. The molecule has 0 aromatic heterocycles. The third-order valence-corrected chi connectivity index (χ3v) is 3.94. The molecule has 1 N–H and O–H groups in total. The normalized spacial score (nSPS) is 10.4. The van der Waals surface area contributed by atoms with Crippen LogP contribution in [-0.2, 0) is 10.5 Å². The Balaban J connectivity index is 1.84. The summed E-state index contributed by atoms with van der Waals surface area (Å²) >= 11 is 1.40. The summed E-state index contributed by atoms with van der Waals surface area (Å²) in [4.78, 5) is 11.9. The predicted molar refractivity (Wildman–Crippen MR) is 87.1 cm³/mol. The molecule has 0 radical (unpaired) electrons. The average molecular weight is 303 g/mol. The van der Waals surface area contributed by atoms with Crippen LogP contribution in [-0.4, -0.2) is 11.7 Å². The third-order valence-electron chi connectivity index (χ3n) is 2.95. The Labute approximate surface area is 128 Å². The lowest BCUT2D eigenvalue weighted by molar-refractivity contribution is -0.113. The quantitative estimate of drug-likeness (QED) is 0.891. The molecule has 0 saturated heterocycles. The van der Waals surface area contributed by atoms with Crippen LogP contribution in [0.5, 0.6) is 0 Å². The van der Waals surface area contributed by atoms with E-state index in [-0.39, 0.29) is 11.7 Å². The van der Waals surface area contributed by atoms with Crippen molar-refractivity contribution in [3.05, 3.63) is 65.0 Å². The molecule has 0 heterocycles. The molecule has 110 valence electrons. The molecule has 2 aromatic rings. The summed E-state index contributed by atoms with van der Waals surface area (Å²) in [6, 6.07) is 12.6. The molecule has 0 fully saturated rings. The second-order valence-corrected chi connectivity index (χ2v) is 5.99. The summed E-state index contributed by atoms with van der Waals surface area (Å²) in [5.74, 6) is 0.509. The van der Waals surface area contributed by atoms with Crippen LogP contribution in [0.2, 0.25) is 0 Å². The number of nitrogens with one attached hydrogen (secondary N) is 1. The lowest BCUT2D eigenvalue weighted by Gasteiger charge is -2.08. The Bertz CT molecular complexity index is 622. The van der Waals surface area contributed by atoms with E-state index in [0.29, 0.717) is 17.1 Å². The minimum absolute atomic E-state index is 0.0682. The van der Waals surface area contributed by atoms with Crippen molar-refractivity contribution >= 4 is 23.4 Å². The number of carbonyl (C=O) groups excluding carboxylic acids is 1. The molecule has 4 heteroatoms. The van der Waals surface area contributed by atoms with Crippen LogP contribution < -0.4 is 5.32 Å². The highest BCUT2D eigenvalue weighted by atomic mass is 32.2. The van der Waals surface area contributed by atoms with Crippen LogP contribution in [0.25, 0.3) is 0 Å². The van der Waals surface area contributed by atoms with Gasteiger partial charge in [-0.25, -0.2) is 4.39 Å². The molecular weight excluding hydrogens is 285 g/mol. The molecular formula is C17H18FNOS. The van der Waals surface area contributed by atoms with Crippen LogP contribution >= 0.6 is 11.8 Å². The number of aryl methyl sites for hydroxylation is 2. The second kappa shape index (κ2) is 7.27. The number of rotatable bonds is 5. The molecule has 0 unspecified atom stereocenters. The van der Waals surface area contributed by atoms with Crippen molar-refractivity contribution in [3.8, 4) is 0 Å². The molecule has 0 aliphatic heterocycles. The number of hydrogen-bond donors (Lipinski definition) is 1. The molecule has 2 nitrogen and oxygen atoms in total. The van der Waals surface area contributed by atoms with Gasteiger partial charge in [0.05, 0.1) is 5.75 Å². The van der Waals surface area contributed by atoms with Crippen LogP contribution in [0.4, 0.5) is 10.1 Å². The van der Waals surface area contributed by atoms with E-state index < -0.39 is 0 Å². The number of anilines is 1. The Morgan fingerprint density at radius 3 is 2.48 bits per heavy atom. The maximum absolute atomic E-state index is 13.4. The van der Waals surface area contributed by atoms with E-state index in [2.05, 4.69) is 11.4 Å². The van der Waals surface area contributed by atoms with E-state index in [9.17, 15) is 9.18 Å². The summed E-state index contributed by atoms with van der Waals surface area (Å²) < 4.78 is 13.4. The number of thioether (sulfide) groups is 1. The van der Waals surface area contributed by atoms with Crippen molar-refractivity contribution in [2.75, 3.05) is 11.1 Å². The van der Waals surface area contributed by atoms with Gasteiger partial charge in [-0.05, 0) is 48.7 Å². The van der Waals surface area contributed by atoms with Crippen molar-refractivity contribution in [2.45, 2.75) is 19.6 Å². The van der Waals surface area contributed by atoms with Gasteiger partial charge in [0.1, 0.15) is 5.82 Å². The zero-order valence-electron chi connectivity index (χ0n) is 12.2. The van der Waals surface area contributed by atoms with E-state index >= 15 is 0 Å². The lowest BCUT2D eigenvalue weighted by atomic mass is 10.1. The molecule has 0 saturated carbocycles. The van der Waals surface area contributed by atoms with Gasteiger partial charge in [0.25, 0.3) is 0 Å². The van der Waals surface area contributed by atoms with Gasteiger partial charge in [-0.1, -0.05) is 24.3 Å². The van der Waals surface area contributed by atoms with Crippen LogP contribution in [0.15, 0.2) is 42.5 Å². The van der Waals surface area contributed by atoms with Gasteiger partial charge in [-0.15, -0.1) is 11.8 Å². The van der Waals surface area contributed by atoms with E-state index in [1.807, 2.05) is 26.0 Å². The number of benzene rings is 2. The third kappa shape index (κ3) is 4.90. The zero-order chi connectivity index (χ0) is 15.2. The largest absolute Gasteiger partial charge is 0.325 e. The standard InChI is InChI=1S/C17H18FNOS/c1-12-7-13(2)9-15(8-12)19-17(20)11-21-10-14-5-3-4-6-16(14)18/h3-9H,10-11H2,1-2H3,(H,19,20). The molecule has 0 aliphatic carbocycles. The smallest absolute Gasteiger partial charge is 0.234 e. The SMILES string of the molecule is Cc1cc(C)cc(NC(=O)CSCc2ccccc2F)c1. The fourth-order valence-corrected chi connectivity index (χ4v) is 2.93. The van der Waals surface area contributed by atoms with Gasteiger partial charge in [0, 0.05) is 11.4 Å². The number of amides is 1. The highest BCUT2D eigenvalue weighted by molar-refractivity contribution is 7.99. The molecule has 0 bridgehead atoms. The molecule has 2 aromatic carbocycles. The van der Waals surface area contributed by atoms with Crippen molar-refractivity contribution in [1.82, 2.24) is 0 Å². The fourth-order valence-electron chi connectivity index (χ4n) is 2.11. The van der Waals surface area contributed by atoms with Gasteiger partial charge >= 0.3 is 0 Å². The molecule has 0 atom stereocenters. The van der Waals surface area contributed by atoms with Crippen LogP contribution in [0.1, 0.15) is 16.7 Å². The van der Waals surface area contributed by atoms with Crippen molar-refractivity contribution in [2.24, 2.45) is 0 Å². The van der Waals surface area contributed by atoms with Gasteiger partial charge in [0.2, 0.25) is 5.91 Å². The van der Waals surface area contributed by atoms with E-state index in [4.69, 9.17) is 0 Å². The van der Waals surface area contributed by atoms with Crippen molar-refractivity contribution in [1.29, 1.82) is 0 Å². The van der Waals surface area contributed by atoms with Crippen molar-refractivity contribution < 1.29 is 9.18 Å². The van der Waals surface area contributed by atoms with Crippen LogP contribution in [0, 0.1) is 19.7 Å². The molecule has 0 aliphatic rings. The zero-order valence-corrected chi connectivity index (χ0v) is 13.0. The Kier molecular flexibility index (Phi) is 5.39. The molecule has 0 spiro atoms. The maximum Gasteiger partial charge on any atom is 0.234 e. The van der Waals surface area contributed by atoms with E-state index in [1.165, 1.54) is 17.8 Å². The Morgan fingerprint density at radius 1 is 1.14 bits per heavy atom. The van der Waals surface area contributed by atoms with Crippen LogP contribution in [0.3, 0.4) is 0 Å².